The largest absolute Gasteiger partial charge is 0.369 e. The molecule has 0 radical (unpaired) electrons. The van der Waals surface area contributed by atoms with E-state index in [-0.39, 0.29) is 16.3 Å². The van der Waals surface area contributed by atoms with E-state index in [1.807, 2.05) is 6.07 Å². The van der Waals surface area contributed by atoms with Gasteiger partial charge in [0.25, 0.3) is 0 Å². The molecule has 0 aliphatic carbocycles. The molecule has 0 saturated heterocycles. The lowest BCUT2D eigenvalue weighted by Gasteiger charge is -2.26. The normalized spacial score (nSPS) is 14.1. The second-order valence-electron chi connectivity index (χ2n) is 7.08. The summed E-state index contributed by atoms with van der Waals surface area (Å²) in [4.78, 5) is 8.40. The number of anilines is 2. The smallest absolute Gasteiger partial charge is 0.132 e. The molecule has 0 aromatic carbocycles. The maximum absolute atomic E-state index is 6.30. The summed E-state index contributed by atoms with van der Waals surface area (Å²) < 4.78 is 0. The van der Waals surface area contributed by atoms with Gasteiger partial charge in [-0.15, -0.1) is 0 Å². The third-order valence-corrected chi connectivity index (χ3v) is 3.27. The van der Waals surface area contributed by atoms with Gasteiger partial charge in [0.05, 0.1) is 0 Å². The summed E-state index contributed by atoms with van der Waals surface area (Å²) in [5.74, 6) is 1.55. The molecule has 0 aliphatic heterocycles. The Hall–Kier alpha value is -1.03. The van der Waals surface area contributed by atoms with Gasteiger partial charge in [-0.3, -0.25) is 0 Å². The van der Waals surface area contributed by atoms with Gasteiger partial charge in [0, 0.05) is 12.6 Å². The first-order chi connectivity index (χ1) is 8.58. The van der Waals surface area contributed by atoms with Gasteiger partial charge >= 0.3 is 0 Å². The summed E-state index contributed by atoms with van der Waals surface area (Å²) in [6.45, 7) is 13.6. The molecule has 1 atom stereocenters. The summed E-state index contributed by atoms with van der Waals surface area (Å²) >= 11 is 6.30. The van der Waals surface area contributed by atoms with Crippen molar-refractivity contribution < 1.29 is 0 Å². The molecular weight excluding hydrogens is 260 g/mol. The highest BCUT2D eigenvalue weighted by Crippen LogP contribution is 2.25. The third kappa shape index (κ3) is 6.10. The molecule has 4 nitrogen and oxygen atoms in total. The van der Waals surface area contributed by atoms with Crippen molar-refractivity contribution in [3.05, 3.63) is 12.4 Å². The molecule has 2 N–H and O–H groups in total. The van der Waals surface area contributed by atoms with E-state index in [1.54, 1.807) is 6.33 Å². The first kappa shape index (κ1) is 16.0. The summed E-state index contributed by atoms with van der Waals surface area (Å²) in [6, 6.07) is 1.88. The van der Waals surface area contributed by atoms with E-state index < -0.39 is 0 Å². The summed E-state index contributed by atoms with van der Waals surface area (Å²) in [5.41, 5.74) is -0.0114. The lowest BCUT2D eigenvalue weighted by molar-refractivity contribution is 0.411. The fourth-order valence-corrected chi connectivity index (χ4v) is 1.35. The van der Waals surface area contributed by atoms with Gasteiger partial charge < -0.3 is 10.6 Å². The molecule has 108 valence electrons. The highest BCUT2D eigenvalue weighted by molar-refractivity contribution is 6.22. The van der Waals surface area contributed by atoms with Gasteiger partial charge in [0.15, 0.2) is 0 Å². The standard InChI is InChI=1S/C14H25ClN4/c1-13(2,3)8-16-10-7-11(18-9-17-10)19-12(15)14(4,5)6/h7,9,12H,8H2,1-6H3,(H2,16,17,18,19). The van der Waals surface area contributed by atoms with Crippen LogP contribution in [0.5, 0.6) is 0 Å². The first-order valence-corrected chi connectivity index (χ1v) is 6.98. The summed E-state index contributed by atoms with van der Waals surface area (Å²) in [7, 11) is 0. The van der Waals surface area contributed by atoms with E-state index in [4.69, 9.17) is 11.6 Å². The van der Waals surface area contributed by atoms with Crippen LogP contribution in [-0.2, 0) is 0 Å². The summed E-state index contributed by atoms with van der Waals surface area (Å²) in [5, 5.41) is 6.50. The minimum Gasteiger partial charge on any atom is -0.369 e. The number of nitrogens with zero attached hydrogens (tertiary/aromatic N) is 2. The zero-order valence-corrected chi connectivity index (χ0v) is 13.5. The van der Waals surface area contributed by atoms with E-state index in [2.05, 4.69) is 62.1 Å². The third-order valence-electron chi connectivity index (χ3n) is 2.50. The maximum Gasteiger partial charge on any atom is 0.132 e. The van der Waals surface area contributed by atoms with Crippen molar-refractivity contribution >= 4 is 23.2 Å². The Morgan fingerprint density at radius 2 is 1.68 bits per heavy atom. The molecule has 1 rings (SSSR count). The highest BCUT2D eigenvalue weighted by atomic mass is 35.5. The van der Waals surface area contributed by atoms with E-state index in [1.165, 1.54) is 0 Å². The van der Waals surface area contributed by atoms with Gasteiger partial charge in [0.2, 0.25) is 0 Å². The topological polar surface area (TPSA) is 49.8 Å². The molecular formula is C14H25ClN4. The lowest BCUT2D eigenvalue weighted by Crippen LogP contribution is -2.29. The monoisotopic (exact) mass is 284 g/mol. The fraction of sp³-hybridized carbons (Fsp3) is 0.714. The Bertz CT molecular complexity index is 407. The lowest BCUT2D eigenvalue weighted by atomic mass is 9.96. The molecule has 0 aliphatic rings. The number of hydrogen-bond acceptors (Lipinski definition) is 4. The van der Waals surface area contributed by atoms with Crippen molar-refractivity contribution in [3.63, 3.8) is 0 Å². The zero-order chi connectivity index (χ0) is 14.7. The van der Waals surface area contributed by atoms with E-state index in [0.717, 1.165) is 18.2 Å². The van der Waals surface area contributed by atoms with Crippen LogP contribution in [0.4, 0.5) is 11.6 Å². The number of halogens is 1. The minimum absolute atomic E-state index is 0.0362. The van der Waals surface area contributed by atoms with Crippen molar-refractivity contribution in [3.8, 4) is 0 Å². The number of aromatic nitrogens is 2. The number of rotatable bonds is 4. The number of hydrogen-bond donors (Lipinski definition) is 2. The average molecular weight is 285 g/mol. The van der Waals surface area contributed by atoms with Crippen molar-refractivity contribution in [1.29, 1.82) is 0 Å². The van der Waals surface area contributed by atoms with E-state index >= 15 is 0 Å². The predicted molar refractivity (Wildman–Crippen MR) is 82.7 cm³/mol. The fourth-order valence-electron chi connectivity index (χ4n) is 1.23. The molecule has 1 aromatic rings. The Morgan fingerprint density at radius 3 is 2.21 bits per heavy atom. The van der Waals surface area contributed by atoms with Crippen LogP contribution in [0.25, 0.3) is 0 Å². The van der Waals surface area contributed by atoms with Crippen LogP contribution in [0.3, 0.4) is 0 Å². The molecule has 1 aromatic heterocycles. The minimum atomic E-state index is -0.183. The quantitative estimate of drug-likeness (QED) is 0.649. The first-order valence-electron chi connectivity index (χ1n) is 6.54. The van der Waals surface area contributed by atoms with Gasteiger partial charge in [-0.1, -0.05) is 53.1 Å². The molecule has 1 heterocycles. The SMILES string of the molecule is CC(C)(C)CNc1cc(NC(Cl)C(C)(C)C)ncn1. The Kier molecular flexibility index (Phi) is 5.02. The second kappa shape index (κ2) is 5.95. The average Bonchev–Trinajstić information content (AvgIpc) is 2.25. The van der Waals surface area contributed by atoms with Gasteiger partial charge in [-0.2, -0.15) is 0 Å². The van der Waals surface area contributed by atoms with Crippen molar-refractivity contribution in [2.24, 2.45) is 10.8 Å². The highest BCUT2D eigenvalue weighted by Gasteiger charge is 2.22. The van der Waals surface area contributed by atoms with E-state index in [9.17, 15) is 0 Å². The molecule has 19 heavy (non-hydrogen) atoms. The van der Waals surface area contributed by atoms with Crippen LogP contribution in [0, 0.1) is 10.8 Å². The Morgan fingerprint density at radius 1 is 1.11 bits per heavy atom. The van der Waals surface area contributed by atoms with Crippen molar-refractivity contribution in [2.75, 3.05) is 17.2 Å². The predicted octanol–water partition coefficient (Wildman–Crippen LogP) is 3.96. The number of nitrogens with one attached hydrogen (secondary N) is 2. The van der Waals surface area contributed by atoms with Crippen molar-refractivity contribution in [2.45, 2.75) is 47.0 Å². The van der Waals surface area contributed by atoms with Crippen molar-refractivity contribution in [1.82, 2.24) is 9.97 Å². The maximum atomic E-state index is 6.30. The van der Waals surface area contributed by atoms with Gasteiger partial charge in [0.1, 0.15) is 23.5 Å². The molecule has 0 spiro atoms. The zero-order valence-electron chi connectivity index (χ0n) is 12.7. The van der Waals surface area contributed by atoms with Crippen LogP contribution >= 0.6 is 11.6 Å². The van der Waals surface area contributed by atoms with Crippen LogP contribution in [-0.4, -0.2) is 22.0 Å². The second-order valence-corrected chi connectivity index (χ2v) is 7.51. The number of alkyl halides is 1. The van der Waals surface area contributed by atoms with Crippen LogP contribution in [0.2, 0.25) is 0 Å². The molecule has 0 fully saturated rings. The van der Waals surface area contributed by atoms with Crippen LogP contribution < -0.4 is 10.6 Å². The summed E-state index contributed by atoms with van der Waals surface area (Å²) in [6.07, 6.45) is 1.54. The Balaban J connectivity index is 2.67. The van der Waals surface area contributed by atoms with Gasteiger partial charge in [-0.25, -0.2) is 9.97 Å². The molecule has 0 amide bonds. The molecule has 1 unspecified atom stereocenters. The molecule has 5 heteroatoms. The van der Waals surface area contributed by atoms with Gasteiger partial charge in [-0.05, 0) is 10.8 Å². The Labute approximate surface area is 121 Å². The van der Waals surface area contributed by atoms with E-state index in [0.29, 0.717) is 0 Å². The van der Waals surface area contributed by atoms with Crippen LogP contribution in [0.1, 0.15) is 41.5 Å². The van der Waals surface area contributed by atoms with Crippen LogP contribution in [0.15, 0.2) is 12.4 Å². The molecule has 0 bridgehead atoms. The molecule has 0 saturated carbocycles.